The molecule has 7 nitrogen and oxygen atoms in total. The lowest BCUT2D eigenvalue weighted by atomic mass is 10.0. The zero-order chi connectivity index (χ0) is 15.2. The van der Waals surface area contributed by atoms with Crippen LogP contribution in [0.2, 0.25) is 0 Å². The number of hydrogen-bond acceptors (Lipinski definition) is 6. The zero-order valence-electron chi connectivity index (χ0n) is 11.1. The van der Waals surface area contributed by atoms with Crippen LogP contribution in [-0.4, -0.2) is 51.0 Å². The zero-order valence-corrected chi connectivity index (χ0v) is 11.9. The number of ether oxygens (including phenoxy) is 1. The highest BCUT2D eigenvalue weighted by molar-refractivity contribution is 8.04. The van der Waals surface area contributed by atoms with Crippen LogP contribution >= 0.6 is 11.8 Å². The molecule has 1 fully saturated rings. The van der Waals surface area contributed by atoms with Gasteiger partial charge in [0.1, 0.15) is 11.6 Å². The lowest BCUT2D eigenvalue weighted by molar-refractivity contribution is -0.150. The summed E-state index contributed by atoms with van der Waals surface area (Å²) in [6.07, 6.45) is 0. The van der Waals surface area contributed by atoms with Crippen LogP contribution < -0.4 is 0 Å². The summed E-state index contributed by atoms with van der Waals surface area (Å²) in [6.45, 7) is 4.92. The number of carboxylic acids is 1. The molecule has 1 N–H and O–H groups in total. The molecule has 0 aliphatic carbocycles. The van der Waals surface area contributed by atoms with Gasteiger partial charge in [0.2, 0.25) is 0 Å². The van der Waals surface area contributed by atoms with Gasteiger partial charge in [0.25, 0.3) is 5.78 Å². The topological polar surface area (TPSA) is 101 Å². The second kappa shape index (κ2) is 4.62. The predicted molar refractivity (Wildman–Crippen MR) is 68.6 cm³/mol. The number of nitrogens with zero attached hydrogens (tertiary/aromatic N) is 1. The molecule has 0 spiro atoms. The molecule has 1 saturated heterocycles. The minimum atomic E-state index is -1.22. The Morgan fingerprint density at radius 1 is 1.40 bits per heavy atom. The standard InChI is InChI=1S/C12H13NO6S/c1-4-19-11(18)5-6(14)8(15)13-7(10(16)17)12(2,3)20-9(5)13/h7H,4H2,1-3H3,(H,16,17). The van der Waals surface area contributed by atoms with Crippen molar-refractivity contribution in [3.63, 3.8) is 0 Å². The SMILES string of the molecule is CCOC(=O)C1=C2SC(C)(C)C(C(=O)O)N2C(=O)C1=O. The first-order chi connectivity index (χ1) is 9.22. The monoisotopic (exact) mass is 299 g/mol. The van der Waals surface area contributed by atoms with Gasteiger partial charge < -0.3 is 9.84 Å². The van der Waals surface area contributed by atoms with Crippen LogP contribution in [0.1, 0.15) is 20.8 Å². The summed E-state index contributed by atoms with van der Waals surface area (Å²) in [7, 11) is 0. The third-order valence-corrected chi connectivity index (χ3v) is 4.41. The lowest BCUT2D eigenvalue weighted by Gasteiger charge is -2.25. The molecule has 108 valence electrons. The summed E-state index contributed by atoms with van der Waals surface area (Å²) in [4.78, 5) is 47.9. The average Bonchev–Trinajstić information content (AvgIpc) is 2.70. The summed E-state index contributed by atoms with van der Waals surface area (Å²) in [5.41, 5.74) is -0.362. The van der Waals surface area contributed by atoms with E-state index in [1.54, 1.807) is 20.8 Å². The van der Waals surface area contributed by atoms with Crippen molar-refractivity contribution in [1.82, 2.24) is 4.90 Å². The Hall–Kier alpha value is -1.83. The van der Waals surface area contributed by atoms with E-state index >= 15 is 0 Å². The number of aliphatic carboxylic acids is 1. The maximum absolute atomic E-state index is 12.0. The van der Waals surface area contributed by atoms with Gasteiger partial charge in [-0.2, -0.15) is 0 Å². The minimum absolute atomic E-state index is 0.0630. The van der Waals surface area contributed by atoms with Crippen LogP contribution in [0.15, 0.2) is 10.6 Å². The van der Waals surface area contributed by atoms with Gasteiger partial charge in [0.15, 0.2) is 0 Å². The molecule has 2 aliphatic rings. The van der Waals surface area contributed by atoms with Crippen LogP contribution in [0, 0.1) is 0 Å². The van der Waals surface area contributed by atoms with Crippen LogP contribution in [0.25, 0.3) is 0 Å². The van der Waals surface area contributed by atoms with Crippen molar-refractivity contribution in [2.75, 3.05) is 6.61 Å². The van der Waals surface area contributed by atoms with E-state index in [9.17, 15) is 24.3 Å². The third-order valence-electron chi connectivity index (χ3n) is 3.06. The van der Waals surface area contributed by atoms with Crippen molar-refractivity contribution in [3.8, 4) is 0 Å². The number of rotatable bonds is 3. The predicted octanol–water partition coefficient (Wildman–Crippen LogP) is 0.151. The van der Waals surface area contributed by atoms with Crippen LogP contribution in [0.5, 0.6) is 0 Å². The van der Waals surface area contributed by atoms with Gasteiger partial charge in [-0.3, -0.25) is 14.5 Å². The van der Waals surface area contributed by atoms with Crippen molar-refractivity contribution in [2.45, 2.75) is 31.6 Å². The summed E-state index contributed by atoms with van der Waals surface area (Å²) in [6, 6.07) is -1.19. The first-order valence-corrected chi connectivity index (χ1v) is 6.75. The molecule has 8 heteroatoms. The molecule has 0 bridgehead atoms. The van der Waals surface area contributed by atoms with Gasteiger partial charge in [-0.15, -0.1) is 0 Å². The van der Waals surface area contributed by atoms with Gasteiger partial charge in [0.05, 0.1) is 11.6 Å². The molecule has 0 saturated carbocycles. The van der Waals surface area contributed by atoms with E-state index < -0.39 is 34.4 Å². The second-order valence-electron chi connectivity index (χ2n) is 4.85. The van der Waals surface area contributed by atoms with Crippen LogP contribution in [-0.2, 0) is 23.9 Å². The van der Waals surface area contributed by atoms with E-state index in [2.05, 4.69) is 0 Å². The maximum Gasteiger partial charge on any atom is 0.345 e. The molecule has 2 heterocycles. The number of amides is 1. The Morgan fingerprint density at radius 2 is 2.00 bits per heavy atom. The van der Waals surface area contributed by atoms with Crippen LogP contribution in [0.3, 0.4) is 0 Å². The molecule has 1 atom stereocenters. The molecule has 2 aliphatic heterocycles. The fourth-order valence-electron chi connectivity index (χ4n) is 2.27. The molecular weight excluding hydrogens is 286 g/mol. The Balaban J connectivity index is 2.54. The van der Waals surface area contributed by atoms with Gasteiger partial charge in [-0.1, -0.05) is 11.8 Å². The quantitative estimate of drug-likeness (QED) is 0.449. The summed E-state index contributed by atoms with van der Waals surface area (Å²) >= 11 is 1.03. The molecular formula is C12H13NO6S. The number of carbonyl (C=O) groups excluding carboxylic acids is 3. The average molecular weight is 299 g/mol. The Morgan fingerprint density at radius 3 is 2.50 bits per heavy atom. The van der Waals surface area contributed by atoms with Gasteiger partial charge in [0, 0.05) is 4.75 Å². The Labute approximate surface area is 118 Å². The molecule has 0 aromatic carbocycles. The smallest absolute Gasteiger partial charge is 0.345 e. The number of carboxylic acid groups (broad SMARTS) is 1. The van der Waals surface area contributed by atoms with Crippen molar-refractivity contribution < 1.29 is 29.0 Å². The summed E-state index contributed by atoms with van der Waals surface area (Å²) in [5.74, 6) is -4.11. The fraction of sp³-hybridized carbons (Fsp3) is 0.500. The largest absolute Gasteiger partial charge is 0.480 e. The molecule has 1 amide bonds. The highest BCUT2D eigenvalue weighted by Crippen LogP contribution is 2.51. The Bertz CT molecular complexity index is 564. The number of esters is 1. The molecule has 0 aromatic rings. The fourth-order valence-corrected chi connectivity index (χ4v) is 3.65. The first-order valence-electron chi connectivity index (χ1n) is 5.93. The van der Waals surface area contributed by atoms with Gasteiger partial charge in [-0.05, 0) is 20.8 Å². The van der Waals surface area contributed by atoms with E-state index in [4.69, 9.17) is 4.74 Å². The molecule has 0 radical (unpaired) electrons. The number of Topliss-reactive ketones (excluding diaryl/α,β-unsaturated/α-hetero) is 1. The van der Waals surface area contributed by atoms with Crippen LogP contribution in [0.4, 0.5) is 0 Å². The molecule has 0 aromatic heterocycles. The van der Waals surface area contributed by atoms with Crippen molar-refractivity contribution in [2.24, 2.45) is 0 Å². The summed E-state index contributed by atoms with van der Waals surface area (Å²) in [5, 5.41) is 9.35. The van der Waals surface area contributed by atoms with E-state index in [0.29, 0.717) is 0 Å². The normalized spacial score (nSPS) is 24.1. The van der Waals surface area contributed by atoms with E-state index in [1.807, 2.05) is 0 Å². The van der Waals surface area contributed by atoms with E-state index in [0.717, 1.165) is 16.7 Å². The molecule has 20 heavy (non-hydrogen) atoms. The highest BCUT2D eigenvalue weighted by atomic mass is 32.2. The van der Waals surface area contributed by atoms with Crippen molar-refractivity contribution >= 4 is 35.4 Å². The number of hydrogen-bond donors (Lipinski definition) is 1. The molecule has 2 rings (SSSR count). The number of carbonyl (C=O) groups is 4. The second-order valence-corrected chi connectivity index (χ2v) is 6.49. The van der Waals surface area contributed by atoms with Gasteiger partial charge >= 0.3 is 17.8 Å². The summed E-state index contributed by atoms with van der Waals surface area (Å²) < 4.78 is 3.92. The highest BCUT2D eigenvalue weighted by Gasteiger charge is 2.58. The molecule has 1 unspecified atom stereocenters. The number of fused-ring (bicyclic) bond motifs is 1. The lowest BCUT2D eigenvalue weighted by Crippen LogP contribution is -2.48. The number of ketones is 1. The van der Waals surface area contributed by atoms with Crippen molar-refractivity contribution in [3.05, 3.63) is 10.6 Å². The van der Waals surface area contributed by atoms with E-state index in [1.165, 1.54) is 0 Å². The maximum atomic E-state index is 12.0. The van der Waals surface area contributed by atoms with E-state index in [-0.39, 0.29) is 17.2 Å². The van der Waals surface area contributed by atoms with Gasteiger partial charge in [-0.25, -0.2) is 9.59 Å². The van der Waals surface area contributed by atoms with Crippen molar-refractivity contribution in [1.29, 1.82) is 0 Å². The third kappa shape index (κ3) is 1.91. The Kier molecular flexibility index (Phi) is 3.37. The first kappa shape index (κ1) is 14.6. The number of thioether (sulfide) groups is 1. The minimum Gasteiger partial charge on any atom is -0.480 e.